The molecule has 2 fully saturated rings. The van der Waals surface area contributed by atoms with Crippen molar-refractivity contribution in [2.45, 2.75) is 44.3 Å². The summed E-state index contributed by atoms with van der Waals surface area (Å²) in [7, 11) is 0. The Hall–Kier alpha value is -3.35. The second kappa shape index (κ2) is 7.48. The first-order chi connectivity index (χ1) is 14.6. The van der Waals surface area contributed by atoms with Gasteiger partial charge in [0.25, 0.3) is 17.7 Å². The number of fused-ring (bicyclic) bond motifs is 1. The van der Waals surface area contributed by atoms with E-state index in [1.807, 2.05) is 29.2 Å². The highest BCUT2D eigenvalue weighted by Gasteiger charge is 2.33. The second-order valence-corrected chi connectivity index (χ2v) is 8.16. The van der Waals surface area contributed by atoms with Gasteiger partial charge in [-0.05, 0) is 61.6 Å². The summed E-state index contributed by atoms with van der Waals surface area (Å²) in [5.41, 5.74) is 2.75. The fourth-order valence-corrected chi connectivity index (χ4v) is 3.58. The molecule has 7 heteroatoms. The Balaban J connectivity index is 1.30. The van der Waals surface area contributed by atoms with Crippen molar-refractivity contribution in [1.29, 1.82) is 0 Å². The zero-order valence-corrected chi connectivity index (χ0v) is 16.5. The average molecular weight is 405 g/mol. The zero-order chi connectivity index (χ0) is 20.7. The van der Waals surface area contributed by atoms with Crippen LogP contribution in [0.2, 0.25) is 0 Å². The Morgan fingerprint density at radius 3 is 2.47 bits per heavy atom. The van der Waals surface area contributed by atoms with Crippen LogP contribution >= 0.6 is 0 Å². The van der Waals surface area contributed by atoms with Gasteiger partial charge in [0.05, 0.1) is 5.69 Å². The third-order valence-electron chi connectivity index (χ3n) is 5.59. The first kappa shape index (κ1) is 18.7. The van der Waals surface area contributed by atoms with Crippen LogP contribution < -0.4 is 15.4 Å². The molecule has 0 unspecified atom stereocenters. The van der Waals surface area contributed by atoms with E-state index in [1.54, 1.807) is 18.2 Å². The fourth-order valence-electron chi connectivity index (χ4n) is 3.58. The van der Waals surface area contributed by atoms with Gasteiger partial charge in [0.1, 0.15) is 5.75 Å². The lowest BCUT2D eigenvalue weighted by molar-refractivity contribution is -0.118. The minimum atomic E-state index is -0.199. The highest BCUT2D eigenvalue weighted by molar-refractivity contribution is 5.99. The summed E-state index contributed by atoms with van der Waals surface area (Å²) in [4.78, 5) is 38.7. The van der Waals surface area contributed by atoms with E-state index in [-0.39, 0.29) is 30.4 Å². The molecule has 30 heavy (non-hydrogen) atoms. The molecule has 7 nitrogen and oxygen atoms in total. The van der Waals surface area contributed by atoms with Gasteiger partial charge in [-0.25, -0.2) is 0 Å². The van der Waals surface area contributed by atoms with Crippen molar-refractivity contribution >= 4 is 23.4 Å². The van der Waals surface area contributed by atoms with Gasteiger partial charge in [0.2, 0.25) is 0 Å². The van der Waals surface area contributed by atoms with Crippen LogP contribution in [0.15, 0.2) is 42.5 Å². The number of rotatable bonds is 6. The molecular formula is C23H23N3O4. The van der Waals surface area contributed by atoms with Gasteiger partial charge in [-0.3, -0.25) is 14.4 Å². The molecule has 2 N–H and O–H groups in total. The fraction of sp³-hybridized carbons (Fsp3) is 0.348. The molecule has 5 rings (SSSR count). The summed E-state index contributed by atoms with van der Waals surface area (Å²) in [6.07, 6.45) is 4.10. The second-order valence-electron chi connectivity index (χ2n) is 8.16. The van der Waals surface area contributed by atoms with Crippen LogP contribution in [0.25, 0.3) is 0 Å². The Morgan fingerprint density at radius 2 is 1.77 bits per heavy atom. The molecule has 3 aliphatic rings. The first-order valence-corrected chi connectivity index (χ1v) is 10.3. The molecular weight excluding hydrogens is 382 g/mol. The van der Waals surface area contributed by atoms with Crippen LogP contribution in [-0.4, -0.2) is 41.3 Å². The number of carbonyl (C=O) groups is 3. The number of anilines is 1. The van der Waals surface area contributed by atoms with Gasteiger partial charge in [-0.2, -0.15) is 0 Å². The Labute approximate surface area is 174 Å². The van der Waals surface area contributed by atoms with Gasteiger partial charge in [0.15, 0.2) is 6.61 Å². The number of amides is 3. The van der Waals surface area contributed by atoms with E-state index < -0.39 is 0 Å². The van der Waals surface area contributed by atoms with Gasteiger partial charge in [0, 0.05) is 29.8 Å². The van der Waals surface area contributed by atoms with Crippen LogP contribution in [0.5, 0.6) is 5.75 Å². The van der Waals surface area contributed by atoms with E-state index in [4.69, 9.17) is 4.74 Å². The number of ether oxygens (including phenoxy) is 1. The third-order valence-corrected chi connectivity index (χ3v) is 5.59. The standard InChI is InChI=1S/C23H23N3O4/c27-21-13-30-20-11-16(5-10-19(20)25-21)23(29)26(18-8-9-18)12-14-1-3-15(4-2-14)22(28)24-17-6-7-17/h1-5,10-11,17-18H,6-9,12-13H2,(H,24,28)(H,25,27). The van der Waals surface area contributed by atoms with E-state index in [1.165, 1.54) is 0 Å². The number of carbonyl (C=O) groups excluding carboxylic acids is 3. The van der Waals surface area contributed by atoms with E-state index >= 15 is 0 Å². The normalized spacial score (nSPS) is 17.4. The van der Waals surface area contributed by atoms with Gasteiger partial charge in [-0.15, -0.1) is 0 Å². The summed E-state index contributed by atoms with van der Waals surface area (Å²) in [5, 5.41) is 5.72. The number of nitrogens with one attached hydrogen (secondary N) is 2. The number of hydrogen-bond acceptors (Lipinski definition) is 4. The first-order valence-electron chi connectivity index (χ1n) is 10.3. The zero-order valence-electron chi connectivity index (χ0n) is 16.5. The SMILES string of the molecule is O=C1COc2cc(C(=O)N(Cc3ccc(C(=O)NC4CC4)cc3)C3CC3)ccc2N1. The van der Waals surface area contributed by atoms with E-state index in [2.05, 4.69) is 10.6 Å². The molecule has 0 aromatic heterocycles. The van der Waals surface area contributed by atoms with Crippen LogP contribution in [0.4, 0.5) is 5.69 Å². The minimum absolute atomic E-state index is 0.0414. The molecule has 3 amide bonds. The summed E-state index contributed by atoms with van der Waals surface area (Å²) >= 11 is 0. The molecule has 2 aromatic carbocycles. The highest BCUT2D eigenvalue weighted by atomic mass is 16.5. The summed E-state index contributed by atoms with van der Waals surface area (Å²) in [6, 6.07) is 13.1. The molecule has 0 atom stereocenters. The lowest BCUT2D eigenvalue weighted by atomic mass is 10.1. The predicted octanol–water partition coefficient (Wildman–Crippen LogP) is 2.71. The maximum absolute atomic E-state index is 13.2. The number of hydrogen-bond donors (Lipinski definition) is 2. The van der Waals surface area contributed by atoms with Crippen LogP contribution in [0.3, 0.4) is 0 Å². The van der Waals surface area contributed by atoms with Gasteiger partial charge >= 0.3 is 0 Å². The van der Waals surface area contributed by atoms with Crippen molar-refractivity contribution in [3.8, 4) is 5.75 Å². The maximum Gasteiger partial charge on any atom is 0.262 e. The molecule has 1 aliphatic heterocycles. The van der Waals surface area contributed by atoms with Crippen LogP contribution in [0.1, 0.15) is 52.0 Å². The molecule has 0 radical (unpaired) electrons. The summed E-state index contributed by atoms with van der Waals surface area (Å²) in [5.74, 6) is 0.217. The molecule has 0 saturated heterocycles. The monoisotopic (exact) mass is 405 g/mol. The predicted molar refractivity (Wildman–Crippen MR) is 110 cm³/mol. The molecule has 0 bridgehead atoms. The average Bonchev–Trinajstić information content (AvgIpc) is 3.66. The quantitative estimate of drug-likeness (QED) is 0.774. The Morgan fingerprint density at radius 1 is 1.03 bits per heavy atom. The van der Waals surface area contributed by atoms with Crippen molar-refractivity contribution in [2.24, 2.45) is 0 Å². The van der Waals surface area contributed by atoms with Crippen molar-refractivity contribution in [1.82, 2.24) is 10.2 Å². The summed E-state index contributed by atoms with van der Waals surface area (Å²) < 4.78 is 5.45. The van der Waals surface area contributed by atoms with E-state index in [0.29, 0.717) is 35.2 Å². The van der Waals surface area contributed by atoms with E-state index in [9.17, 15) is 14.4 Å². The van der Waals surface area contributed by atoms with E-state index in [0.717, 1.165) is 31.2 Å². The third kappa shape index (κ3) is 4.01. The Kier molecular flexibility index (Phi) is 4.65. The van der Waals surface area contributed by atoms with Crippen molar-refractivity contribution in [3.63, 3.8) is 0 Å². The molecule has 154 valence electrons. The number of nitrogens with zero attached hydrogens (tertiary/aromatic N) is 1. The highest BCUT2D eigenvalue weighted by Crippen LogP contribution is 2.33. The smallest absolute Gasteiger partial charge is 0.262 e. The number of benzene rings is 2. The molecule has 2 aromatic rings. The topological polar surface area (TPSA) is 87.7 Å². The van der Waals surface area contributed by atoms with Gasteiger partial charge < -0.3 is 20.3 Å². The van der Waals surface area contributed by atoms with Crippen LogP contribution in [0, 0.1) is 0 Å². The van der Waals surface area contributed by atoms with Gasteiger partial charge in [-0.1, -0.05) is 12.1 Å². The molecule has 2 aliphatic carbocycles. The summed E-state index contributed by atoms with van der Waals surface area (Å²) in [6.45, 7) is 0.445. The minimum Gasteiger partial charge on any atom is -0.482 e. The maximum atomic E-state index is 13.2. The molecule has 0 spiro atoms. The molecule has 1 heterocycles. The lowest BCUT2D eigenvalue weighted by Gasteiger charge is -2.24. The van der Waals surface area contributed by atoms with Crippen molar-refractivity contribution in [3.05, 3.63) is 59.2 Å². The largest absolute Gasteiger partial charge is 0.482 e. The van der Waals surface area contributed by atoms with Crippen molar-refractivity contribution < 1.29 is 19.1 Å². The van der Waals surface area contributed by atoms with Crippen LogP contribution in [-0.2, 0) is 11.3 Å². The molecule has 2 saturated carbocycles. The lowest BCUT2D eigenvalue weighted by Crippen LogP contribution is -2.33. The van der Waals surface area contributed by atoms with Crippen molar-refractivity contribution in [2.75, 3.05) is 11.9 Å². The Bertz CT molecular complexity index is 1010.